The first-order valence-electron chi connectivity index (χ1n) is 8.47. The molecule has 1 heterocycles. The number of amides is 2. The highest BCUT2D eigenvalue weighted by molar-refractivity contribution is 6.42. The van der Waals surface area contributed by atoms with E-state index in [4.69, 9.17) is 28.9 Å². The molecule has 0 radical (unpaired) electrons. The molecule has 1 aromatic heterocycles. The van der Waals surface area contributed by atoms with Crippen LogP contribution in [0.2, 0.25) is 10.0 Å². The molecule has 3 rings (SSSR count). The lowest BCUT2D eigenvalue weighted by Gasteiger charge is -2.23. The summed E-state index contributed by atoms with van der Waals surface area (Å²) in [6, 6.07) is 17.0. The molecule has 0 fully saturated rings. The number of rotatable bonds is 6. The van der Waals surface area contributed by atoms with E-state index in [0.717, 1.165) is 11.3 Å². The smallest absolute Gasteiger partial charge is 0.254 e. The monoisotopic (exact) mass is 413 g/mol. The maximum absolute atomic E-state index is 13.1. The Hall–Kier alpha value is -2.89. The van der Waals surface area contributed by atoms with Crippen molar-refractivity contribution in [3.05, 3.63) is 99.3 Å². The summed E-state index contributed by atoms with van der Waals surface area (Å²) in [5, 5.41) is 0.880. The molecule has 5 nitrogen and oxygen atoms in total. The number of benzene rings is 2. The fourth-order valence-electron chi connectivity index (χ4n) is 2.70. The number of pyridine rings is 1. The number of carbonyl (C=O) groups excluding carboxylic acids is 2. The van der Waals surface area contributed by atoms with Crippen LogP contribution in [0, 0.1) is 0 Å². The molecule has 2 aromatic carbocycles. The SMILES string of the molecule is NC(=O)c1ccc(C(=O)N(Cc2ccc(Cl)c(Cl)c2)Cc2ccccn2)cc1. The number of halogens is 2. The minimum atomic E-state index is -0.542. The van der Waals surface area contributed by atoms with E-state index in [1.54, 1.807) is 35.4 Å². The van der Waals surface area contributed by atoms with E-state index in [1.165, 1.54) is 12.1 Å². The summed E-state index contributed by atoms with van der Waals surface area (Å²) < 4.78 is 0. The van der Waals surface area contributed by atoms with Crippen LogP contribution in [0.1, 0.15) is 32.0 Å². The van der Waals surface area contributed by atoms with Crippen LogP contribution in [0.25, 0.3) is 0 Å². The van der Waals surface area contributed by atoms with Gasteiger partial charge in [0.2, 0.25) is 5.91 Å². The average Bonchev–Trinajstić information content (AvgIpc) is 2.70. The van der Waals surface area contributed by atoms with E-state index in [9.17, 15) is 9.59 Å². The third-order valence-electron chi connectivity index (χ3n) is 4.14. The molecule has 0 unspecified atom stereocenters. The van der Waals surface area contributed by atoms with Gasteiger partial charge in [0.05, 0.1) is 22.3 Å². The van der Waals surface area contributed by atoms with Crippen LogP contribution in [0.5, 0.6) is 0 Å². The van der Waals surface area contributed by atoms with Crippen molar-refractivity contribution >= 4 is 35.0 Å². The van der Waals surface area contributed by atoms with E-state index in [1.807, 2.05) is 24.3 Å². The first-order chi connectivity index (χ1) is 13.4. The molecule has 2 amide bonds. The minimum absolute atomic E-state index is 0.201. The van der Waals surface area contributed by atoms with E-state index in [0.29, 0.717) is 34.3 Å². The standard InChI is InChI=1S/C21H17Cl2N3O2/c22-18-9-4-14(11-19(18)23)12-26(13-17-3-1-2-10-25-17)21(28)16-7-5-15(6-8-16)20(24)27/h1-11H,12-13H2,(H2,24,27). The lowest BCUT2D eigenvalue weighted by atomic mass is 10.1. The first-order valence-corrected chi connectivity index (χ1v) is 9.22. The average molecular weight is 414 g/mol. The predicted octanol–water partition coefficient (Wildman–Crippen LogP) is 4.33. The summed E-state index contributed by atoms with van der Waals surface area (Å²) >= 11 is 12.1. The van der Waals surface area contributed by atoms with Crippen LogP contribution in [0.3, 0.4) is 0 Å². The van der Waals surface area contributed by atoms with Gasteiger partial charge in [0, 0.05) is 23.9 Å². The summed E-state index contributed by atoms with van der Waals surface area (Å²) in [4.78, 5) is 30.3. The zero-order valence-electron chi connectivity index (χ0n) is 14.8. The van der Waals surface area contributed by atoms with Crippen LogP contribution in [-0.4, -0.2) is 21.7 Å². The summed E-state index contributed by atoms with van der Waals surface area (Å²) in [7, 11) is 0. The molecule has 0 spiro atoms. The Morgan fingerprint density at radius 1 is 0.893 bits per heavy atom. The van der Waals surface area contributed by atoms with Crippen molar-refractivity contribution in [2.75, 3.05) is 0 Å². The fourth-order valence-corrected chi connectivity index (χ4v) is 3.03. The summed E-state index contributed by atoms with van der Waals surface area (Å²) in [5.41, 5.74) is 7.65. The first kappa shape index (κ1) is 19.9. The number of carbonyl (C=O) groups is 2. The molecule has 0 aliphatic rings. The van der Waals surface area contributed by atoms with Crippen LogP contribution in [0.15, 0.2) is 66.9 Å². The number of nitrogens with two attached hydrogens (primary N) is 1. The highest BCUT2D eigenvalue weighted by atomic mass is 35.5. The number of nitrogens with zero attached hydrogens (tertiary/aromatic N) is 2. The number of aromatic nitrogens is 1. The number of primary amides is 1. The number of hydrogen-bond acceptors (Lipinski definition) is 3. The lowest BCUT2D eigenvalue weighted by Crippen LogP contribution is -2.30. The van der Waals surface area contributed by atoms with Gasteiger partial charge in [0.15, 0.2) is 0 Å². The Balaban J connectivity index is 1.88. The quantitative estimate of drug-likeness (QED) is 0.652. The van der Waals surface area contributed by atoms with Gasteiger partial charge in [0.25, 0.3) is 5.91 Å². The Kier molecular flexibility index (Phi) is 6.29. The summed E-state index contributed by atoms with van der Waals surface area (Å²) in [6.45, 7) is 0.640. The zero-order valence-corrected chi connectivity index (χ0v) is 16.3. The molecule has 28 heavy (non-hydrogen) atoms. The second kappa shape index (κ2) is 8.87. The van der Waals surface area contributed by atoms with Crippen molar-refractivity contribution in [3.8, 4) is 0 Å². The zero-order chi connectivity index (χ0) is 20.1. The Morgan fingerprint density at radius 2 is 1.61 bits per heavy atom. The molecular weight excluding hydrogens is 397 g/mol. The topological polar surface area (TPSA) is 76.3 Å². The van der Waals surface area contributed by atoms with Gasteiger partial charge in [-0.1, -0.05) is 35.3 Å². The van der Waals surface area contributed by atoms with E-state index >= 15 is 0 Å². The van der Waals surface area contributed by atoms with E-state index in [-0.39, 0.29) is 5.91 Å². The Labute approximate surface area is 172 Å². The van der Waals surface area contributed by atoms with Crippen molar-refractivity contribution in [2.45, 2.75) is 13.1 Å². The maximum Gasteiger partial charge on any atom is 0.254 e. The van der Waals surface area contributed by atoms with Gasteiger partial charge in [-0.2, -0.15) is 0 Å². The van der Waals surface area contributed by atoms with Crippen molar-refractivity contribution < 1.29 is 9.59 Å². The molecule has 0 bridgehead atoms. The van der Waals surface area contributed by atoms with E-state index in [2.05, 4.69) is 4.98 Å². The Bertz CT molecular complexity index is 992. The van der Waals surface area contributed by atoms with Gasteiger partial charge in [0.1, 0.15) is 0 Å². The molecule has 0 saturated carbocycles. The van der Waals surface area contributed by atoms with Gasteiger partial charge in [-0.3, -0.25) is 14.6 Å². The van der Waals surface area contributed by atoms with Gasteiger partial charge in [-0.15, -0.1) is 0 Å². The molecule has 2 N–H and O–H groups in total. The third-order valence-corrected chi connectivity index (χ3v) is 4.88. The minimum Gasteiger partial charge on any atom is -0.366 e. The van der Waals surface area contributed by atoms with Crippen molar-refractivity contribution in [1.82, 2.24) is 9.88 Å². The molecule has 3 aromatic rings. The van der Waals surface area contributed by atoms with Crippen LogP contribution < -0.4 is 5.73 Å². The summed E-state index contributed by atoms with van der Waals surface area (Å²) in [5.74, 6) is -0.743. The van der Waals surface area contributed by atoms with E-state index < -0.39 is 5.91 Å². The molecule has 0 saturated heterocycles. The number of hydrogen-bond donors (Lipinski definition) is 1. The van der Waals surface area contributed by atoms with Crippen LogP contribution in [-0.2, 0) is 13.1 Å². The van der Waals surface area contributed by atoms with Crippen molar-refractivity contribution in [1.29, 1.82) is 0 Å². The fraction of sp³-hybridized carbons (Fsp3) is 0.0952. The van der Waals surface area contributed by atoms with Crippen molar-refractivity contribution in [2.24, 2.45) is 5.73 Å². The second-order valence-corrected chi connectivity index (χ2v) is 6.99. The second-order valence-electron chi connectivity index (χ2n) is 6.17. The van der Waals surface area contributed by atoms with Gasteiger partial charge in [-0.25, -0.2) is 0 Å². The van der Waals surface area contributed by atoms with Crippen molar-refractivity contribution in [3.63, 3.8) is 0 Å². The maximum atomic E-state index is 13.1. The molecule has 0 aliphatic heterocycles. The molecule has 0 atom stereocenters. The van der Waals surface area contributed by atoms with Gasteiger partial charge in [-0.05, 0) is 54.1 Å². The largest absolute Gasteiger partial charge is 0.366 e. The highest BCUT2D eigenvalue weighted by Gasteiger charge is 2.18. The van der Waals surface area contributed by atoms with Crippen LogP contribution >= 0.6 is 23.2 Å². The summed E-state index contributed by atoms with van der Waals surface area (Å²) in [6.07, 6.45) is 1.68. The molecule has 142 valence electrons. The molecule has 0 aliphatic carbocycles. The van der Waals surface area contributed by atoms with Gasteiger partial charge < -0.3 is 10.6 Å². The predicted molar refractivity (Wildman–Crippen MR) is 109 cm³/mol. The van der Waals surface area contributed by atoms with Gasteiger partial charge >= 0.3 is 0 Å². The van der Waals surface area contributed by atoms with Crippen LogP contribution in [0.4, 0.5) is 0 Å². The highest BCUT2D eigenvalue weighted by Crippen LogP contribution is 2.24. The normalized spacial score (nSPS) is 10.5. The third kappa shape index (κ3) is 4.88. The molecule has 7 heteroatoms. The molecular formula is C21H17Cl2N3O2. The lowest BCUT2D eigenvalue weighted by molar-refractivity contribution is 0.0727. The Morgan fingerprint density at radius 3 is 2.21 bits per heavy atom.